The molecule has 0 saturated heterocycles. The lowest BCUT2D eigenvalue weighted by molar-refractivity contribution is -0.135. The maximum atomic E-state index is 12.8. The van der Waals surface area contributed by atoms with Gasteiger partial charge in [-0.1, -0.05) is 30.3 Å². The lowest BCUT2D eigenvalue weighted by Crippen LogP contribution is -2.52. The first-order valence-corrected chi connectivity index (χ1v) is 10.4. The van der Waals surface area contributed by atoms with Crippen molar-refractivity contribution in [1.29, 1.82) is 0 Å². The summed E-state index contributed by atoms with van der Waals surface area (Å²) in [5.41, 5.74) is 4.29. The molecule has 0 saturated carbocycles. The van der Waals surface area contributed by atoms with Crippen molar-refractivity contribution < 1.29 is 19.5 Å². The second-order valence-electron chi connectivity index (χ2n) is 7.43. The molecule has 8 heteroatoms. The molecule has 0 radical (unpaired) electrons. The quantitative estimate of drug-likeness (QED) is 0.434. The Morgan fingerprint density at radius 3 is 2.18 bits per heavy atom. The molecule has 170 valence electrons. The molecule has 3 aromatic rings. The van der Waals surface area contributed by atoms with E-state index in [1.54, 1.807) is 18.3 Å². The average molecular weight is 447 g/mol. The summed E-state index contributed by atoms with van der Waals surface area (Å²) in [7, 11) is 2.73. The molecule has 0 spiro atoms. The van der Waals surface area contributed by atoms with Gasteiger partial charge in [0.05, 0.1) is 0 Å². The number of ketones is 1. The SMILES string of the molecule is CNC(=O)C(C(=O)CO)N(C)C(=O)c1ccc(-c2ccc(NCc3cccnc3)cc2)cc1. The Hall–Kier alpha value is -4.04. The molecule has 3 N–H and O–H groups in total. The molecule has 1 unspecified atom stereocenters. The van der Waals surface area contributed by atoms with Crippen LogP contribution in [-0.2, 0) is 16.1 Å². The molecule has 1 heterocycles. The number of aromatic nitrogens is 1. The first kappa shape index (κ1) is 23.6. The number of amides is 2. The molecule has 0 aliphatic carbocycles. The standard InChI is InChI=1S/C25H26N4O4/c1-26-24(32)23(22(31)16-30)29(2)25(33)20-7-5-18(6-8-20)19-9-11-21(12-10-19)28-15-17-4-3-13-27-14-17/h3-14,23,28,30H,15-16H2,1-2H3,(H,26,32). The molecule has 1 aromatic heterocycles. The van der Waals surface area contributed by atoms with Crippen LogP contribution >= 0.6 is 0 Å². The third kappa shape index (κ3) is 5.81. The van der Waals surface area contributed by atoms with E-state index in [1.165, 1.54) is 14.1 Å². The largest absolute Gasteiger partial charge is 0.388 e. The highest BCUT2D eigenvalue weighted by Crippen LogP contribution is 2.23. The molecule has 0 bridgehead atoms. The zero-order valence-electron chi connectivity index (χ0n) is 18.5. The number of hydrogen-bond donors (Lipinski definition) is 3. The summed E-state index contributed by atoms with van der Waals surface area (Å²) >= 11 is 0. The Labute approximate surface area is 192 Å². The van der Waals surface area contributed by atoms with Gasteiger partial charge in [0, 0.05) is 44.3 Å². The van der Waals surface area contributed by atoms with Crippen LogP contribution in [0.15, 0.2) is 73.1 Å². The van der Waals surface area contributed by atoms with E-state index in [4.69, 9.17) is 5.11 Å². The van der Waals surface area contributed by atoms with Crippen molar-refractivity contribution >= 4 is 23.3 Å². The molecule has 3 rings (SSSR count). The van der Waals surface area contributed by atoms with Gasteiger partial charge in [0.25, 0.3) is 5.91 Å². The predicted molar refractivity (Wildman–Crippen MR) is 125 cm³/mol. The summed E-state index contributed by atoms with van der Waals surface area (Å²) in [6, 6.07) is 17.3. The average Bonchev–Trinajstić information content (AvgIpc) is 2.87. The summed E-state index contributed by atoms with van der Waals surface area (Å²) < 4.78 is 0. The van der Waals surface area contributed by atoms with Gasteiger partial charge in [-0.05, 0) is 47.0 Å². The number of nitrogens with zero attached hydrogens (tertiary/aromatic N) is 2. The van der Waals surface area contributed by atoms with Gasteiger partial charge in [0.2, 0.25) is 5.91 Å². The van der Waals surface area contributed by atoms with Crippen molar-refractivity contribution in [1.82, 2.24) is 15.2 Å². The van der Waals surface area contributed by atoms with Crippen molar-refractivity contribution in [2.24, 2.45) is 0 Å². The number of pyridine rings is 1. The van der Waals surface area contributed by atoms with E-state index < -0.39 is 30.2 Å². The number of aliphatic hydroxyl groups is 1. The topological polar surface area (TPSA) is 112 Å². The highest BCUT2D eigenvalue weighted by atomic mass is 16.3. The fourth-order valence-corrected chi connectivity index (χ4v) is 3.37. The molecule has 0 aliphatic rings. The van der Waals surface area contributed by atoms with E-state index in [0.29, 0.717) is 12.1 Å². The number of rotatable bonds is 9. The van der Waals surface area contributed by atoms with Crippen molar-refractivity contribution in [3.05, 3.63) is 84.2 Å². The summed E-state index contributed by atoms with van der Waals surface area (Å²) in [6.45, 7) is -0.158. The van der Waals surface area contributed by atoms with E-state index in [1.807, 2.05) is 54.7 Å². The highest BCUT2D eigenvalue weighted by Gasteiger charge is 2.32. The van der Waals surface area contributed by atoms with Crippen LogP contribution in [0.2, 0.25) is 0 Å². The molecular weight excluding hydrogens is 420 g/mol. The molecule has 2 amide bonds. The summed E-state index contributed by atoms with van der Waals surface area (Å²) in [5, 5.41) is 14.8. The van der Waals surface area contributed by atoms with E-state index in [0.717, 1.165) is 27.3 Å². The lowest BCUT2D eigenvalue weighted by atomic mass is 10.0. The third-order valence-electron chi connectivity index (χ3n) is 5.23. The van der Waals surface area contributed by atoms with E-state index >= 15 is 0 Å². The van der Waals surface area contributed by atoms with Crippen LogP contribution in [0.3, 0.4) is 0 Å². The van der Waals surface area contributed by atoms with Gasteiger partial charge in [-0.2, -0.15) is 0 Å². The van der Waals surface area contributed by atoms with Gasteiger partial charge in [-0.15, -0.1) is 0 Å². The van der Waals surface area contributed by atoms with Crippen molar-refractivity contribution in [2.45, 2.75) is 12.6 Å². The minimum Gasteiger partial charge on any atom is -0.388 e. The molecule has 1 atom stereocenters. The first-order chi connectivity index (χ1) is 15.9. The molecule has 33 heavy (non-hydrogen) atoms. The Balaban J connectivity index is 1.68. The Kier molecular flexibility index (Phi) is 7.88. The number of carbonyl (C=O) groups is 3. The van der Waals surface area contributed by atoms with Crippen molar-refractivity contribution in [3.63, 3.8) is 0 Å². The monoisotopic (exact) mass is 446 g/mol. The molecule has 0 fully saturated rings. The number of likely N-dealkylation sites (N-methyl/N-ethyl adjacent to an activating group) is 2. The van der Waals surface area contributed by atoms with Crippen LogP contribution in [0, 0.1) is 0 Å². The van der Waals surface area contributed by atoms with Crippen LogP contribution in [0.5, 0.6) is 0 Å². The number of Topliss-reactive ketones (excluding diaryl/α,β-unsaturated/α-hetero) is 1. The first-order valence-electron chi connectivity index (χ1n) is 10.4. The summed E-state index contributed by atoms with van der Waals surface area (Å²) in [6.07, 6.45) is 3.56. The van der Waals surface area contributed by atoms with E-state index in [2.05, 4.69) is 15.6 Å². The second-order valence-corrected chi connectivity index (χ2v) is 7.43. The zero-order valence-corrected chi connectivity index (χ0v) is 18.5. The molecule has 0 aliphatic heterocycles. The summed E-state index contributed by atoms with van der Waals surface area (Å²) in [5.74, 6) is -1.90. The highest BCUT2D eigenvalue weighted by molar-refractivity contribution is 6.10. The van der Waals surface area contributed by atoms with Crippen LogP contribution in [0.25, 0.3) is 11.1 Å². The third-order valence-corrected chi connectivity index (χ3v) is 5.23. The van der Waals surface area contributed by atoms with Gasteiger partial charge in [-0.25, -0.2) is 0 Å². The minimum absolute atomic E-state index is 0.329. The van der Waals surface area contributed by atoms with Crippen LogP contribution in [0.1, 0.15) is 15.9 Å². The zero-order chi connectivity index (χ0) is 23.8. The van der Waals surface area contributed by atoms with Gasteiger partial charge in [0.1, 0.15) is 6.61 Å². The number of hydrogen-bond acceptors (Lipinski definition) is 6. The van der Waals surface area contributed by atoms with E-state index in [9.17, 15) is 14.4 Å². The molecular formula is C25H26N4O4. The number of benzene rings is 2. The summed E-state index contributed by atoms with van der Waals surface area (Å²) in [4.78, 5) is 42.0. The number of carbonyl (C=O) groups excluding carboxylic acids is 3. The maximum Gasteiger partial charge on any atom is 0.254 e. The van der Waals surface area contributed by atoms with Crippen LogP contribution in [0.4, 0.5) is 5.69 Å². The van der Waals surface area contributed by atoms with Crippen LogP contribution in [-0.4, -0.2) is 59.3 Å². The molecule has 2 aromatic carbocycles. The fraction of sp³-hybridized carbons (Fsp3) is 0.200. The second kappa shape index (κ2) is 11.0. The van der Waals surface area contributed by atoms with Gasteiger partial charge in [-0.3, -0.25) is 19.4 Å². The maximum absolute atomic E-state index is 12.8. The smallest absolute Gasteiger partial charge is 0.254 e. The van der Waals surface area contributed by atoms with E-state index in [-0.39, 0.29) is 0 Å². The number of aliphatic hydroxyl groups excluding tert-OH is 1. The number of anilines is 1. The minimum atomic E-state index is -1.39. The Morgan fingerprint density at radius 2 is 1.64 bits per heavy atom. The van der Waals surface area contributed by atoms with Gasteiger partial charge < -0.3 is 20.6 Å². The van der Waals surface area contributed by atoms with Gasteiger partial charge in [0.15, 0.2) is 11.8 Å². The fourth-order valence-electron chi connectivity index (χ4n) is 3.37. The van der Waals surface area contributed by atoms with Crippen molar-refractivity contribution in [2.75, 3.05) is 26.0 Å². The normalized spacial score (nSPS) is 11.4. The number of nitrogens with one attached hydrogen (secondary N) is 2. The predicted octanol–water partition coefficient (Wildman–Crippen LogP) is 2.11. The van der Waals surface area contributed by atoms with Crippen LogP contribution < -0.4 is 10.6 Å². The Morgan fingerprint density at radius 1 is 1.00 bits per heavy atom. The van der Waals surface area contributed by atoms with Crippen molar-refractivity contribution in [3.8, 4) is 11.1 Å². The Bertz CT molecular complexity index is 1080. The lowest BCUT2D eigenvalue weighted by Gasteiger charge is -2.25. The molecule has 8 nitrogen and oxygen atoms in total. The van der Waals surface area contributed by atoms with Gasteiger partial charge >= 0.3 is 0 Å².